The summed E-state index contributed by atoms with van der Waals surface area (Å²) in [6.45, 7) is 8.32. The first-order chi connectivity index (χ1) is 10.0. The molecule has 3 rings (SSSR count). The Morgan fingerprint density at radius 1 is 1.33 bits per heavy atom. The highest BCUT2D eigenvalue weighted by molar-refractivity contribution is 5.89. The van der Waals surface area contributed by atoms with E-state index in [0.29, 0.717) is 12.3 Å². The second-order valence-electron chi connectivity index (χ2n) is 5.80. The molecule has 4 nitrogen and oxygen atoms in total. The number of esters is 1. The fourth-order valence-electron chi connectivity index (χ4n) is 3.70. The van der Waals surface area contributed by atoms with Crippen molar-refractivity contribution < 1.29 is 14.3 Å². The third-order valence-corrected chi connectivity index (χ3v) is 4.68. The number of allylic oxidation sites excluding steroid dienone is 1. The summed E-state index contributed by atoms with van der Waals surface area (Å²) in [6, 6.07) is 3.70. The van der Waals surface area contributed by atoms with Crippen LogP contribution in [0.2, 0.25) is 0 Å². The minimum atomic E-state index is -0.832. The first-order valence-corrected chi connectivity index (χ1v) is 7.01. The number of ether oxygens (including phenoxy) is 2. The van der Waals surface area contributed by atoms with E-state index in [2.05, 4.69) is 18.1 Å². The van der Waals surface area contributed by atoms with E-state index >= 15 is 0 Å². The van der Waals surface area contributed by atoms with Crippen LogP contribution in [-0.2, 0) is 21.4 Å². The van der Waals surface area contributed by atoms with Crippen molar-refractivity contribution in [3.8, 4) is 5.88 Å². The topological polar surface area (TPSA) is 48.4 Å². The van der Waals surface area contributed by atoms with Gasteiger partial charge < -0.3 is 9.47 Å². The van der Waals surface area contributed by atoms with Crippen molar-refractivity contribution in [1.82, 2.24) is 4.98 Å². The van der Waals surface area contributed by atoms with E-state index < -0.39 is 5.41 Å². The van der Waals surface area contributed by atoms with Crippen molar-refractivity contribution in [2.75, 3.05) is 14.2 Å². The van der Waals surface area contributed by atoms with Crippen molar-refractivity contribution in [2.24, 2.45) is 5.92 Å². The number of pyridine rings is 1. The third kappa shape index (κ3) is 1.82. The van der Waals surface area contributed by atoms with Gasteiger partial charge in [-0.25, -0.2) is 4.98 Å². The molecule has 0 aromatic carbocycles. The monoisotopic (exact) mass is 285 g/mol. The Hall–Kier alpha value is -2.10. The maximum absolute atomic E-state index is 12.6. The number of hydrogen-bond donors (Lipinski definition) is 0. The number of carbonyl (C=O) groups is 1. The van der Waals surface area contributed by atoms with Crippen molar-refractivity contribution in [3.63, 3.8) is 0 Å². The lowest BCUT2D eigenvalue weighted by Crippen LogP contribution is -2.48. The Bertz CT molecular complexity index is 649. The highest BCUT2D eigenvalue weighted by atomic mass is 16.5. The van der Waals surface area contributed by atoms with Gasteiger partial charge in [0, 0.05) is 11.8 Å². The molecule has 4 heteroatoms. The highest BCUT2D eigenvalue weighted by Gasteiger charge is 2.53. The summed E-state index contributed by atoms with van der Waals surface area (Å²) in [6.07, 6.45) is 2.18. The SMILES string of the molecule is C=C1C[C@@H]2Cc3nc(OC)ccc3[C@](C(=O)OC)(C1)C2=C. The van der Waals surface area contributed by atoms with E-state index in [-0.39, 0.29) is 11.9 Å². The molecule has 1 fully saturated rings. The van der Waals surface area contributed by atoms with Gasteiger partial charge in [-0.15, -0.1) is 0 Å². The molecule has 0 saturated heterocycles. The maximum atomic E-state index is 12.6. The Kier molecular flexibility index (Phi) is 3.12. The van der Waals surface area contributed by atoms with Gasteiger partial charge in [-0.1, -0.05) is 30.4 Å². The molecule has 0 unspecified atom stereocenters. The molecule has 2 aliphatic rings. The third-order valence-electron chi connectivity index (χ3n) is 4.68. The van der Waals surface area contributed by atoms with E-state index in [4.69, 9.17) is 9.47 Å². The van der Waals surface area contributed by atoms with Gasteiger partial charge in [-0.2, -0.15) is 0 Å². The molecule has 1 heterocycles. The summed E-state index contributed by atoms with van der Waals surface area (Å²) >= 11 is 0. The first kappa shape index (κ1) is 13.9. The van der Waals surface area contributed by atoms with Crippen LogP contribution in [0.5, 0.6) is 5.88 Å². The number of hydrogen-bond acceptors (Lipinski definition) is 4. The Balaban J connectivity index is 2.24. The van der Waals surface area contributed by atoms with Gasteiger partial charge in [0.2, 0.25) is 5.88 Å². The quantitative estimate of drug-likeness (QED) is 0.619. The van der Waals surface area contributed by atoms with Gasteiger partial charge in [-0.3, -0.25) is 4.79 Å². The van der Waals surface area contributed by atoms with E-state index in [9.17, 15) is 4.79 Å². The van der Waals surface area contributed by atoms with Gasteiger partial charge in [0.05, 0.1) is 14.2 Å². The predicted molar refractivity (Wildman–Crippen MR) is 79.2 cm³/mol. The van der Waals surface area contributed by atoms with Crippen LogP contribution in [0.3, 0.4) is 0 Å². The number of nitrogens with zero attached hydrogens (tertiary/aromatic N) is 1. The first-order valence-electron chi connectivity index (χ1n) is 7.01. The lowest BCUT2D eigenvalue weighted by atomic mass is 9.56. The lowest BCUT2D eigenvalue weighted by Gasteiger charge is -2.46. The molecule has 110 valence electrons. The van der Waals surface area contributed by atoms with E-state index in [1.807, 2.05) is 6.07 Å². The molecule has 0 amide bonds. The van der Waals surface area contributed by atoms with E-state index in [1.54, 1.807) is 13.2 Å². The minimum absolute atomic E-state index is 0.192. The zero-order valence-corrected chi connectivity index (χ0v) is 12.4. The molecule has 21 heavy (non-hydrogen) atoms. The molecule has 2 bridgehead atoms. The molecule has 1 saturated carbocycles. The molecule has 1 aromatic heterocycles. The van der Waals surface area contributed by atoms with Crippen LogP contribution in [0.1, 0.15) is 24.1 Å². The normalized spacial score (nSPS) is 27.0. The average molecular weight is 285 g/mol. The summed E-state index contributed by atoms with van der Waals surface area (Å²) in [7, 11) is 3.01. The van der Waals surface area contributed by atoms with Gasteiger partial charge in [-0.05, 0) is 30.7 Å². The zero-order chi connectivity index (χ0) is 15.2. The van der Waals surface area contributed by atoms with Gasteiger partial charge in [0.25, 0.3) is 0 Å². The second kappa shape index (κ2) is 4.72. The van der Waals surface area contributed by atoms with Crippen LogP contribution in [0.15, 0.2) is 36.4 Å². The number of methoxy groups -OCH3 is 2. The molecule has 2 aliphatic carbocycles. The van der Waals surface area contributed by atoms with Crippen LogP contribution >= 0.6 is 0 Å². The smallest absolute Gasteiger partial charge is 0.320 e. The number of fused-ring (bicyclic) bond motifs is 4. The summed E-state index contributed by atoms with van der Waals surface area (Å²) in [4.78, 5) is 17.1. The number of rotatable bonds is 2. The average Bonchev–Trinajstić information content (AvgIpc) is 2.48. The predicted octanol–water partition coefficient (Wildman–Crippen LogP) is 2.58. The van der Waals surface area contributed by atoms with Gasteiger partial charge in [0.15, 0.2) is 0 Å². The van der Waals surface area contributed by atoms with E-state index in [1.165, 1.54) is 7.11 Å². The Morgan fingerprint density at radius 3 is 2.76 bits per heavy atom. The zero-order valence-electron chi connectivity index (χ0n) is 12.4. The van der Waals surface area contributed by atoms with E-state index in [0.717, 1.165) is 35.2 Å². The number of carbonyl (C=O) groups excluding carboxylic acids is 1. The largest absolute Gasteiger partial charge is 0.481 e. The summed E-state index contributed by atoms with van der Waals surface area (Å²) in [5.74, 6) is 0.488. The van der Waals surface area contributed by atoms with Crippen molar-refractivity contribution >= 4 is 5.97 Å². The molecule has 2 atom stereocenters. The van der Waals surface area contributed by atoms with Gasteiger partial charge in [0.1, 0.15) is 5.41 Å². The summed E-state index contributed by atoms with van der Waals surface area (Å²) < 4.78 is 10.3. The van der Waals surface area contributed by atoms with Crippen LogP contribution in [0.4, 0.5) is 0 Å². The molecule has 1 aromatic rings. The molecule has 0 N–H and O–H groups in total. The van der Waals surface area contributed by atoms with Crippen molar-refractivity contribution in [2.45, 2.75) is 24.7 Å². The van der Waals surface area contributed by atoms with Crippen molar-refractivity contribution in [3.05, 3.63) is 47.7 Å². The minimum Gasteiger partial charge on any atom is -0.481 e. The molecular formula is C17H19NO3. The molecule has 0 spiro atoms. The molecule has 0 radical (unpaired) electrons. The number of aromatic nitrogens is 1. The van der Waals surface area contributed by atoms with Crippen molar-refractivity contribution in [1.29, 1.82) is 0 Å². The lowest BCUT2D eigenvalue weighted by molar-refractivity contribution is -0.146. The highest BCUT2D eigenvalue weighted by Crippen LogP contribution is 2.53. The second-order valence-corrected chi connectivity index (χ2v) is 5.80. The fraction of sp³-hybridized carbons (Fsp3) is 0.412. The molecular weight excluding hydrogens is 266 g/mol. The Morgan fingerprint density at radius 2 is 2.10 bits per heavy atom. The fourth-order valence-corrected chi connectivity index (χ4v) is 3.70. The van der Waals surface area contributed by atoms with Crippen LogP contribution < -0.4 is 4.74 Å². The Labute approximate surface area is 124 Å². The summed E-state index contributed by atoms with van der Waals surface area (Å²) in [5.41, 5.74) is 2.96. The van der Waals surface area contributed by atoms with Crippen LogP contribution in [0, 0.1) is 5.92 Å². The summed E-state index contributed by atoms with van der Waals surface area (Å²) in [5, 5.41) is 0. The van der Waals surface area contributed by atoms with Crippen LogP contribution in [0.25, 0.3) is 0 Å². The van der Waals surface area contributed by atoms with Gasteiger partial charge >= 0.3 is 5.97 Å². The maximum Gasteiger partial charge on any atom is 0.320 e. The standard InChI is InChI=1S/C17H19NO3/c1-10-7-12-8-14-13(5-6-15(18-14)20-3)17(9-10,11(12)2)16(19)21-4/h5-6,12H,1-2,7-9H2,3-4H3/t12-,17+/m1/s1. The van der Waals surface area contributed by atoms with Crippen LogP contribution in [-0.4, -0.2) is 25.2 Å². The molecule has 0 aliphatic heterocycles.